The molecule has 25 heavy (non-hydrogen) atoms. The lowest BCUT2D eigenvalue weighted by molar-refractivity contribution is 0.0993. The normalized spacial score (nSPS) is 10.3. The van der Waals surface area contributed by atoms with Gasteiger partial charge in [-0.25, -0.2) is 0 Å². The molecule has 6 heteroatoms. The zero-order chi connectivity index (χ0) is 17.6. The van der Waals surface area contributed by atoms with Crippen molar-refractivity contribution >= 4 is 23.2 Å². The first-order chi connectivity index (χ1) is 12.2. The van der Waals surface area contributed by atoms with Gasteiger partial charge in [0.2, 0.25) is 0 Å². The summed E-state index contributed by atoms with van der Waals surface area (Å²) >= 11 is 0. The molecule has 0 radical (unpaired) electrons. The van der Waals surface area contributed by atoms with Crippen LogP contribution in [0.1, 0.15) is 33.6 Å². The Morgan fingerprint density at radius 3 is 2.28 bits per heavy atom. The van der Waals surface area contributed by atoms with Gasteiger partial charge in [0.25, 0.3) is 11.8 Å². The number of carbonyl (C=O) groups is 2. The van der Waals surface area contributed by atoms with E-state index in [1.54, 1.807) is 60.9 Å². The summed E-state index contributed by atoms with van der Waals surface area (Å²) < 4.78 is 5.43. The maximum Gasteiger partial charge on any atom is 0.291 e. The van der Waals surface area contributed by atoms with E-state index in [0.717, 1.165) is 12.2 Å². The third-order valence-corrected chi connectivity index (χ3v) is 3.55. The van der Waals surface area contributed by atoms with Crippen molar-refractivity contribution in [2.45, 2.75) is 13.3 Å². The largest absolute Gasteiger partial charge is 0.456 e. The Bertz CT molecular complexity index is 888. The Morgan fingerprint density at radius 1 is 0.960 bits per heavy atom. The van der Waals surface area contributed by atoms with Crippen LogP contribution in [0, 0.1) is 0 Å². The predicted octanol–water partition coefficient (Wildman–Crippen LogP) is 3.74. The van der Waals surface area contributed by atoms with E-state index in [-0.39, 0.29) is 17.6 Å². The molecule has 3 rings (SSSR count). The Kier molecular flexibility index (Phi) is 4.89. The molecule has 6 nitrogen and oxygen atoms in total. The highest BCUT2D eigenvalue weighted by molar-refractivity contribution is 6.05. The number of furan rings is 1. The molecule has 0 atom stereocenters. The number of carbonyl (C=O) groups excluding carboxylic acids is 2. The average Bonchev–Trinajstić information content (AvgIpc) is 3.12. The zero-order valence-corrected chi connectivity index (χ0v) is 13.7. The SMILES string of the molecule is CCc1ccc(C(=O)Nc2cccc(NC(=O)c3ccncc3)c2)o1. The highest BCUT2D eigenvalue weighted by Gasteiger charge is 2.12. The minimum absolute atomic E-state index is 0.246. The van der Waals surface area contributed by atoms with Crippen LogP contribution in [0.25, 0.3) is 0 Å². The fourth-order valence-corrected chi connectivity index (χ4v) is 2.26. The summed E-state index contributed by atoms with van der Waals surface area (Å²) in [4.78, 5) is 28.2. The Hall–Kier alpha value is -3.41. The molecule has 0 aliphatic heterocycles. The van der Waals surface area contributed by atoms with Gasteiger partial charge in [-0.05, 0) is 42.5 Å². The van der Waals surface area contributed by atoms with E-state index in [0.29, 0.717) is 16.9 Å². The minimum atomic E-state index is -0.336. The van der Waals surface area contributed by atoms with Crippen LogP contribution in [0.4, 0.5) is 11.4 Å². The van der Waals surface area contributed by atoms with Gasteiger partial charge in [0.05, 0.1) is 0 Å². The van der Waals surface area contributed by atoms with E-state index < -0.39 is 0 Å². The molecule has 2 N–H and O–H groups in total. The van der Waals surface area contributed by atoms with Gasteiger partial charge >= 0.3 is 0 Å². The smallest absolute Gasteiger partial charge is 0.291 e. The van der Waals surface area contributed by atoms with Gasteiger partial charge in [-0.3, -0.25) is 14.6 Å². The summed E-state index contributed by atoms with van der Waals surface area (Å²) in [5.41, 5.74) is 1.65. The minimum Gasteiger partial charge on any atom is -0.456 e. The number of hydrogen-bond donors (Lipinski definition) is 2. The molecule has 0 aliphatic rings. The maximum absolute atomic E-state index is 12.2. The lowest BCUT2D eigenvalue weighted by Crippen LogP contribution is -2.13. The van der Waals surface area contributed by atoms with Crippen LogP contribution in [-0.4, -0.2) is 16.8 Å². The molecule has 0 bridgehead atoms. The fourth-order valence-electron chi connectivity index (χ4n) is 2.26. The van der Waals surface area contributed by atoms with Gasteiger partial charge in [-0.2, -0.15) is 0 Å². The van der Waals surface area contributed by atoms with Crippen molar-refractivity contribution in [2.75, 3.05) is 10.6 Å². The fraction of sp³-hybridized carbons (Fsp3) is 0.105. The molecule has 2 aromatic heterocycles. The summed E-state index contributed by atoms with van der Waals surface area (Å²) in [6, 6.07) is 13.6. The third-order valence-electron chi connectivity index (χ3n) is 3.55. The molecule has 2 amide bonds. The molecule has 0 unspecified atom stereocenters. The number of anilines is 2. The summed E-state index contributed by atoms with van der Waals surface area (Å²) in [7, 11) is 0. The van der Waals surface area contributed by atoms with Crippen molar-refractivity contribution in [3.63, 3.8) is 0 Å². The number of pyridine rings is 1. The van der Waals surface area contributed by atoms with E-state index in [1.807, 2.05) is 6.92 Å². The number of nitrogens with one attached hydrogen (secondary N) is 2. The monoisotopic (exact) mass is 335 g/mol. The van der Waals surface area contributed by atoms with Crippen LogP contribution < -0.4 is 10.6 Å². The lowest BCUT2D eigenvalue weighted by atomic mass is 10.2. The van der Waals surface area contributed by atoms with Gasteiger partial charge in [0, 0.05) is 35.8 Å². The molecule has 1 aromatic carbocycles. The molecule has 3 aromatic rings. The number of aromatic nitrogens is 1. The number of hydrogen-bond acceptors (Lipinski definition) is 4. The highest BCUT2D eigenvalue weighted by atomic mass is 16.3. The van der Waals surface area contributed by atoms with Gasteiger partial charge in [0.1, 0.15) is 5.76 Å². The van der Waals surface area contributed by atoms with Crippen LogP contribution in [0.3, 0.4) is 0 Å². The van der Waals surface area contributed by atoms with Crippen LogP contribution in [0.5, 0.6) is 0 Å². The van der Waals surface area contributed by atoms with Crippen molar-refractivity contribution in [3.8, 4) is 0 Å². The number of benzene rings is 1. The van der Waals surface area contributed by atoms with E-state index in [4.69, 9.17) is 4.42 Å². The number of amides is 2. The molecule has 0 aliphatic carbocycles. The highest BCUT2D eigenvalue weighted by Crippen LogP contribution is 2.18. The van der Waals surface area contributed by atoms with Crippen molar-refractivity contribution in [1.82, 2.24) is 4.98 Å². The second-order valence-corrected chi connectivity index (χ2v) is 5.34. The molecule has 0 saturated carbocycles. The average molecular weight is 335 g/mol. The van der Waals surface area contributed by atoms with Gasteiger partial charge in [-0.1, -0.05) is 13.0 Å². The summed E-state index contributed by atoms with van der Waals surface area (Å²) in [6.07, 6.45) is 3.84. The first kappa shape index (κ1) is 16.4. The molecule has 0 fully saturated rings. The van der Waals surface area contributed by atoms with E-state index in [2.05, 4.69) is 15.6 Å². The first-order valence-electron chi connectivity index (χ1n) is 7.87. The Morgan fingerprint density at radius 2 is 1.64 bits per heavy atom. The van der Waals surface area contributed by atoms with Crippen molar-refractivity contribution < 1.29 is 14.0 Å². The van der Waals surface area contributed by atoms with E-state index >= 15 is 0 Å². The molecule has 126 valence electrons. The molecule has 2 heterocycles. The molecule has 0 spiro atoms. The number of aryl methyl sites for hydroxylation is 1. The third kappa shape index (κ3) is 4.11. The Labute approximate surface area is 144 Å². The quantitative estimate of drug-likeness (QED) is 0.744. The summed E-state index contributed by atoms with van der Waals surface area (Å²) in [5.74, 6) is 0.424. The summed E-state index contributed by atoms with van der Waals surface area (Å²) in [6.45, 7) is 1.95. The van der Waals surface area contributed by atoms with Gasteiger partial charge in [-0.15, -0.1) is 0 Å². The zero-order valence-electron chi connectivity index (χ0n) is 13.7. The van der Waals surface area contributed by atoms with Crippen LogP contribution >= 0.6 is 0 Å². The van der Waals surface area contributed by atoms with E-state index in [9.17, 15) is 9.59 Å². The molecular weight excluding hydrogens is 318 g/mol. The number of rotatable bonds is 5. The van der Waals surface area contributed by atoms with Crippen LogP contribution in [0.2, 0.25) is 0 Å². The molecular formula is C19H17N3O3. The van der Waals surface area contributed by atoms with Gasteiger partial charge in [0.15, 0.2) is 5.76 Å². The van der Waals surface area contributed by atoms with Crippen LogP contribution in [0.15, 0.2) is 65.3 Å². The second-order valence-electron chi connectivity index (χ2n) is 5.34. The Balaban J connectivity index is 1.69. The van der Waals surface area contributed by atoms with Crippen LogP contribution in [-0.2, 0) is 6.42 Å². The summed E-state index contributed by atoms with van der Waals surface area (Å²) in [5, 5.41) is 5.54. The second kappa shape index (κ2) is 7.44. The van der Waals surface area contributed by atoms with E-state index in [1.165, 1.54) is 0 Å². The lowest BCUT2D eigenvalue weighted by Gasteiger charge is -2.08. The predicted molar refractivity (Wildman–Crippen MR) is 94.7 cm³/mol. The van der Waals surface area contributed by atoms with Crippen molar-refractivity contribution in [3.05, 3.63) is 78.0 Å². The van der Waals surface area contributed by atoms with Crippen molar-refractivity contribution in [2.24, 2.45) is 0 Å². The molecule has 0 saturated heterocycles. The first-order valence-corrected chi connectivity index (χ1v) is 7.87. The van der Waals surface area contributed by atoms with Crippen molar-refractivity contribution in [1.29, 1.82) is 0 Å². The maximum atomic E-state index is 12.2. The standard InChI is InChI=1S/C19H17N3O3/c1-2-16-6-7-17(25-16)19(24)22-15-5-3-4-14(12-15)21-18(23)13-8-10-20-11-9-13/h3-12H,2H2,1H3,(H,21,23)(H,22,24). The topological polar surface area (TPSA) is 84.2 Å². The van der Waals surface area contributed by atoms with Gasteiger partial charge < -0.3 is 15.1 Å². The number of nitrogens with zero attached hydrogens (tertiary/aromatic N) is 1.